The third kappa shape index (κ3) is 7.68. The minimum absolute atomic E-state index is 0.0637. The van der Waals surface area contributed by atoms with Crippen molar-refractivity contribution < 1.29 is 18.0 Å². The summed E-state index contributed by atoms with van der Waals surface area (Å²) >= 11 is 6.81. The smallest absolute Gasteiger partial charge is 0.264 e. The molecule has 0 aromatic heterocycles. The van der Waals surface area contributed by atoms with Crippen LogP contribution in [0.5, 0.6) is 0 Å². The van der Waals surface area contributed by atoms with Gasteiger partial charge in [-0.2, -0.15) is 0 Å². The zero-order valence-electron chi connectivity index (χ0n) is 21.5. The van der Waals surface area contributed by atoms with E-state index in [9.17, 15) is 18.0 Å². The van der Waals surface area contributed by atoms with E-state index in [4.69, 9.17) is 0 Å². The number of benzene rings is 3. The van der Waals surface area contributed by atoms with Crippen molar-refractivity contribution in [2.24, 2.45) is 0 Å². The molecule has 0 spiro atoms. The summed E-state index contributed by atoms with van der Waals surface area (Å²) in [6.07, 6.45) is 0.741. The van der Waals surface area contributed by atoms with Crippen LogP contribution in [0.25, 0.3) is 0 Å². The summed E-state index contributed by atoms with van der Waals surface area (Å²) in [5, 5.41) is 2.93. The highest BCUT2D eigenvalue weighted by Crippen LogP contribution is 2.27. The highest BCUT2D eigenvalue weighted by Gasteiger charge is 2.32. The van der Waals surface area contributed by atoms with Crippen LogP contribution in [0, 0.1) is 0 Å². The summed E-state index contributed by atoms with van der Waals surface area (Å²) in [5.41, 5.74) is 1.14. The normalized spacial score (nSPS) is 12.9. The molecule has 2 amide bonds. The van der Waals surface area contributed by atoms with Crippen LogP contribution in [-0.4, -0.2) is 43.8 Å². The minimum Gasteiger partial charge on any atom is -0.352 e. The SMILES string of the molecule is CC[C@@H](C)NC(=O)[C@H](C)N(Cc1ccc(Br)cc1)C(=O)CN(c1cccc(Br)c1)S(=O)(=O)c1ccccc1. The average Bonchev–Trinajstić information content (AvgIpc) is 2.91. The molecule has 3 aromatic carbocycles. The number of hydrogen-bond acceptors (Lipinski definition) is 4. The lowest BCUT2D eigenvalue weighted by molar-refractivity contribution is -0.139. The molecule has 0 radical (unpaired) electrons. The van der Waals surface area contributed by atoms with E-state index < -0.39 is 28.5 Å². The molecule has 0 saturated carbocycles. The Kier molecular flexibility index (Phi) is 10.5. The highest BCUT2D eigenvalue weighted by atomic mass is 79.9. The topological polar surface area (TPSA) is 86.8 Å². The van der Waals surface area contributed by atoms with Crippen LogP contribution in [0.4, 0.5) is 5.69 Å². The molecule has 0 unspecified atom stereocenters. The maximum Gasteiger partial charge on any atom is 0.264 e. The second-order valence-electron chi connectivity index (χ2n) is 8.95. The van der Waals surface area contributed by atoms with E-state index >= 15 is 0 Å². The molecule has 0 aliphatic heterocycles. The van der Waals surface area contributed by atoms with Crippen LogP contribution < -0.4 is 9.62 Å². The number of anilines is 1. The summed E-state index contributed by atoms with van der Waals surface area (Å²) in [6.45, 7) is 5.17. The van der Waals surface area contributed by atoms with Crippen LogP contribution in [0.15, 0.2) is 92.7 Å². The molecule has 0 bridgehead atoms. The van der Waals surface area contributed by atoms with Crippen LogP contribution in [0.3, 0.4) is 0 Å². The molecular formula is C28H31Br2N3O4S. The number of nitrogens with one attached hydrogen (secondary N) is 1. The van der Waals surface area contributed by atoms with Gasteiger partial charge in [0, 0.05) is 21.5 Å². The fourth-order valence-corrected chi connectivity index (χ4v) is 5.79. The fourth-order valence-electron chi connectivity index (χ4n) is 3.71. The van der Waals surface area contributed by atoms with Gasteiger partial charge in [-0.1, -0.05) is 75.2 Å². The Balaban J connectivity index is 2.01. The number of sulfonamides is 1. The molecule has 2 atom stereocenters. The summed E-state index contributed by atoms with van der Waals surface area (Å²) in [4.78, 5) is 28.4. The number of halogens is 2. The van der Waals surface area contributed by atoms with Gasteiger partial charge in [-0.15, -0.1) is 0 Å². The third-order valence-electron chi connectivity index (χ3n) is 6.14. The van der Waals surface area contributed by atoms with E-state index in [1.807, 2.05) is 38.1 Å². The molecule has 3 aromatic rings. The number of amides is 2. The van der Waals surface area contributed by atoms with E-state index in [0.717, 1.165) is 20.8 Å². The third-order valence-corrected chi connectivity index (χ3v) is 8.95. The van der Waals surface area contributed by atoms with Crippen LogP contribution in [0.1, 0.15) is 32.8 Å². The highest BCUT2D eigenvalue weighted by molar-refractivity contribution is 9.10. The van der Waals surface area contributed by atoms with Crippen molar-refractivity contribution in [2.75, 3.05) is 10.8 Å². The largest absolute Gasteiger partial charge is 0.352 e. The second-order valence-corrected chi connectivity index (χ2v) is 12.6. The van der Waals surface area contributed by atoms with Gasteiger partial charge in [0.2, 0.25) is 11.8 Å². The number of carbonyl (C=O) groups excluding carboxylic acids is 2. The maximum atomic E-state index is 13.9. The molecule has 38 heavy (non-hydrogen) atoms. The zero-order valence-corrected chi connectivity index (χ0v) is 25.5. The Labute approximate surface area is 241 Å². The van der Waals surface area contributed by atoms with Crippen molar-refractivity contribution in [2.45, 2.75) is 50.7 Å². The lowest BCUT2D eigenvalue weighted by Crippen LogP contribution is -2.52. The van der Waals surface area contributed by atoms with Gasteiger partial charge in [0.15, 0.2) is 0 Å². The summed E-state index contributed by atoms with van der Waals surface area (Å²) < 4.78 is 30.1. The Hall–Kier alpha value is -2.69. The van der Waals surface area contributed by atoms with E-state index in [2.05, 4.69) is 37.2 Å². The monoisotopic (exact) mass is 663 g/mol. The quantitative estimate of drug-likeness (QED) is 0.283. The van der Waals surface area contributed by atoms with E-state index in [1.54, 1.807) is 49.4 Å². The summed E-state index contributed by atoms with van der Waals surface area (Å²) in [6, 6.07) is 21.3. The molecular weight excluding hydrogens is 634 g/mol. The Morgan fingerprint density at radius 1 is 0.895 bits per heavy atom. The van der Waals surface area contributed by atoms with Crippen LogP contribution in [-0.2, 0) is 26.2 Å². The van der Waals surface area contributed by atoms with Gasteiger partial charge in [-0.25, -0.2) is 8.42 Å². The molecule has 0 aliphatic rings. The second kappa shape index (κ2) is 13.4. The zero-order chi connectivity index (χ0) is 27.9. The van der Waals surface area contributed by atoms with Crippen molar-refractivity contribution in [1.29, 1.82) is 0 Å². The van der Waals surface area contributed by atoms with Gasteiger partial charge >= 0.3 is 0 Å². The first kappa shape index (κ1) is 29.9. The first-order valence-electron chi connectivity index (χ1n) is 12.2. The molecule has 7 nitrogen and oxygen atoms in total. The van der Waals surface area contributed by atoms with Crippen LogP contribution >= 0.6 is 31.9 Å². The standard InChI is InChI=1S/C28H31Br2N3O4S/c1-4-20(2)31-28(35)21(3)32(18-22-13-15-23(29)16-14-22)27(34)19-33(25-10-8-9-24(30)17-25)38(36,37)26-11-6-5-7-12-26/h5-17,20-21H,4,18-19H2,1-3H3,(H,31,35)/t20-,21+/m1/s1. The van der Waals surface area contributed by atoms with Gasteiger partial charge in [0.25, 0.3) is 10.0 Å². The maximum absolute atomic E-state index is 13.9. The van der Waals surface area contributed by atoms with E-state index in [-0.39, 0.29) is 23.4 Å². The van der Waals surface area contributed by atoms with Crippen molar-refractivity contribution >= 4 is 59.4 Å². The molecule has 1 N–H and O–H groups in total. The first-order chi connectivity index (χ1) is 18.0. The number of hydrogen-bond donors (Lipinski definition) is 1. The lowest BCUT2D eigenvalue weighted by atomic mass is 10.1. The molecule has 0 fully saturated rings. The first-order valence-corrected chi connectivity index (χ1v) is 15.2. The number of rotatable bonds is 11. The Morgan fingerprint density at radius 3 is 2.16 bits per heavy atom. The molecule has 3 rings (SSSR count). The van der Waals surface area contributed by atoms with Gasteiger partial charge in [0.1, 0.15) is 12.6 Å². The van der Waals surface area contributed by atoms with Gasteiger partial charge < -0.3 is 10.2 Å². The molecule has 0 aliphatic carbocycles. The van der Waals surface area contributed by atoms with Crippen molar-refractivity contribution in [1.82, 2.24) is 10.2 Å². The van der Waals surface area contributed by atoms with Gasteiger partial charge in [-0.3, -0.25) is 13.9 Å². The summed E-state index contributed by atoms with van der Waals surface area (Å²) in [7, 11) is -4.09. The van der Waals surface area contributed by atoms with E-state index in [0.29, 0.717) is 10.2 Å². The predicted octanol–water partition coefficient (Wildman–Crippen LogP) is 5.74. The average molecular weight is 665 g/mol. The van der Waals surface area contributed by atoms with E-state index in [1.165, 1.54) is 17.0 Å². The van der Waals surface area contributed by atoms with Gasteiger partial charge in [0.05, 0.1) is 10.6 Å². The van der Waals surface area contributed by atoms with Crippen LogP contribution in [0.2, 0.25) is 0 Å². The van der Waals surface area contributed by atoms with Crippen molar-refractivity contribution in [3.05, 3.63) is 93.4 Å². The predicted molar refractivity (Wildman–Crippen MR) is 157 cm³/mol. The minimum atomic E-state index is -4.09. The van der Waals surface area contributed by atoms with Crippen molar-refractivity contribution in [3.8, 4) is 0 Å². The number of nitrogens with zero attached hydrogens (tertiary/aromatic N) is 2. The van der Waals surface area contributed by atoms with Crippen molar-refractivity contribution in [3.63, 3.8) is 0 Å². The Morgan fingerprint density at radius 2 is 1.55 bits per heavy atom. The molecule has 202 valence electrons. The molecule has 0 saturated heterocycles. The molecule has 10 heteroatoms. The number of carbonyl (C=O) groups is 2. The summed E-state index contributed by atoms with van der Waals surface area (Å²) in [5.74, 6) is -0.802. The van der Waals surface area contributed by atoms with Gasteiger partial charge in [-0.05, 0) is 68.3 Å². The fraction of sp³-hybridized carbons (Fsp3) is 0.286. The lowest BCUT2D eigenvalue weighted by Gasteiger charge is -2.32. The molecule has 0 heterocycles. The Bertz CT molecular complexity index is 1350.